The van der Waals surface area contributed by atoms with Crippen molar-refractivity contribution in [1.82, 2.24) is 14.4 Å². The SMILES string of the molecule is O=C(Cn1ccc2ccccc21)N1C[C@@H](CN2CCOCC2)C[C@H](CO)C1. The molecule has 2 aromatic rings. The average Bonchev–Trinajstić information content (AvgIpc) is 3.11. The molecule has 6 nitrogen and oxygen atoms in total. The lowest BCUT2D eigenvalue weighted by atomic mass is 9.89. The van der Waals surface area contributed by atoms with Crippen molar-refractivity contribution in [3.05, 3.63) is 36.5 Å². The van der Waals surface area contributed by atoms with Gasteiger partial charge < -0.3 is 19.3 Å². The third kappa shape index (κ3) is 4.34. The van der Waals surface area contributed by atoms with E-state index in [4.69, 9.17) is 4.74 Å². The Labute approximate surface area is 160 Å². The number of carbonyl (C=O) groups is 1. The Kier molecular flexibility index (Phi) is 5.76. The zero-order valence-electron chi connectivity index (χ0n) is 15.8. The predicted octanol–water partition coefficient (Wildman–Crippen LogP) is 1.43. The van der Waals surface area contributed by atoms with Crippen molar-refractivity contribution in [3.8, 4) is 0 Å². The Balaban J connectivity index is 1.42. The summed E-state index contributed by atoms with van der Waals surface area (Å²) in [6.07, 6.45) is 2.98. The largest absolute Gasteiger partial charge is 0.396 e. The lowest BCUT2D eigenvalue weighted by Gasteiger charge is -2.40. The summed E-state index contributed by atoms with van der Waals surface area (Å²) in [5.41, 5.74) is 1.09. The number of hydrogen-bond donors (Lipinski definition) is 1. The third-order valence-corrected chi connectivity index (χ3v) is 5.84. The molecular weight excluding hydrogens is 342 g/mol. The average molecular weight is 371 g/mol. The van der Waals surface area contributed by atoms with Gasteiger partial charge in [-0.25, -0.2) is 0 Å². The first-order valence-electron chi connectivity index (χ1n) is 9.95. The van der Waals surface area contributed by atoms with Crippen LogP contribution in [0.1, 0.15) is 6.42 Å². The smallest absolute Gasteiger partial charge is 0.242 e. The fourth-order valence-corrected chi connectivity index (χ4v) is 4.46. The van der Waals surface area contributed by atoms with Crippen molar-refractivity contribution >= 4 is 16.8 Å². The summed E-state index contributed by atoms with van der Waals surface area (Å²) in [5.74, 6) is 0.732. The zero-order chi connectivity index (χ0) is 18.6. The van der Waals surface area contributed by atoms with Gasteiger partial charge in [-0.2, -0.15) is 0 Å². The molecule has 0 radical (unpaired) electrons. The Bertz CT molecular complexity index is 769. The first-order chi connectivity index (χ1) is 13.2. The van der Waals surface area contributed by atoms with Crippen LogP contribution in [-0.2, 0) is 16.1 Å². The Morgan fingerprint density at radius 1 is 1.11 bits per heavy atom. The van der Waals surface area contributed by atoms with E-state index in [-0.39, 0.29) is 18.4 Å². The summed E-state index contributed by atoms with van der Waals surface area (Å²) in [6.45, 7) is 6.44. The number of para-hydroxylation sites is 1. The summed E-state index contributed by atoms with van der Waals surface area (Å²) >= 11 is 0. The molecule has 146 valence electrons. The molecule has 1 N–H and O–H groups in total. The number of aliphatic hydroxyl groups excluding tert-OH is 1. The van der Waals surface area contributed by atoms with Crippen LogP contribution < -0.4 is 0 Å². The molecule has 0 bridgehead atoms. The van der Waals surface area contributed by atoms with Crippen LogP contribution in [0.5, 0.6) is 0 Å². The third-order valence-electron chi connectivity index (χ3n) is 5.84. The molecule has 27 heavy (non-hydrogen) atoms. The number of carbonyl (C=O) groups excluding carboxylic acids is 1. The van der Waals surface area contributed by atoms with Crippen molar-refractivity contribution in [2.24, 2.45) is 11.8 Å². The van der Waals surface area contributed by atoms with E-state index < -0.39 is 0 Å². The van der Waals surface area contributed by atoms with Gasteiger partial charge in [-0.3, -0.25) is 9.69 Å². The van der Waals surface area contributed by atoms with Gasteiger partial charge in [-0.1, -0.05) is 18.2 Å². The zero-order valence-corrected chi connectivity index (χ0v) is 15.8. The molecule has 2 aliphatic heterocycles. The highest BCUT2D eigenvalue weighted by molar-refractivity contribution is 5.83. The first-order valence-corrected chi connectivity index (χ1v) is 9.95. The van der Waals surface area contributed by atoms with E-state index in [1.54, 1.807) is 0 Å². The van der Waals surface area contributed by atoms with Gasteiger partial charge in [0.2, 0.25) is 5.91 Å². The van der Waals surface area contributed by atoms with Gasteiger partial charge in [-0.15, -0.1) is 0 Å². The minimum absolute atomic E-state index is 0.140. The minimum Gasteiger partial charge on any atom is -0.396 e. The fourth-order valence-electron chi connectivity index (χ4n) is 4.46. The van der Waals surface area contributed by atoms with Gasteiger partial charge in [-0.05, 0) is 35.8 Å². The van der Waals surface area contributed by atoms with Gasteiger partial charge in [0.1, 0.15) is 6.54 Å². The van der Waals surface area contributed by atoms with Gasteiger partial charge in [0.25, 0.3) is 0 Å². The number of nitrogens with zero attached hydrogens (tertiary/aromatic N) is 3. The molecule has 2 saturated heterocycles. The molecule has 1 amide bonds. The Hall–Kier alpha value is -1.89. The monoisotopic (exact) mass is 371 g/mol. The first kappa shape index (κ1) is 18.5. The number of aromatic nitrogens is 1. The number of fused-ring (bicyclic) bond motifs is 1. The summed E-state index contributed by atoms with van der Waals surface area (Å²) in [4.78, 5) is 17.4. The standard InChI is InChI=1S/C21H29N3O3/c25-16-18-11-17(12-22-7-9-27-10-8-22)13-24(14-18)21(26)15-23-6-5-19-3-1-2-4-20(19)23/h1-6,17-18,25H,7-16H2/t17-,18+/m1/s1. The maximum Gasteiger partial charge on any atom is 0.242 e. The molecular formula is C21H29N3O3. The molecule has 6 heteroatoms. The molecule has 3 heterocycles. The highest BCUT2D eigenvalue weighted by Crippen LogP contribution is 2.24. The van der Waals surface area contributed by atoms with E-state index in [0.717, 1.165) is 56.7 Å². The Morgan fingerprint density at radius 3 is 2.70 bits per heavy atom. The van der Waals surface area contributed by atoms with Gasteiger partial charge >= 0.3 is 0 Å². The lowest BCUT2D eigenvalue weighted by Crippen LogP contribution is -2.50. The van der Waals surface area contributed by atoms with Crippen LogP contribution in [-0.4, -0.2) is 77.9 Å². The number of aliphatic hydroxyl groups is 1. The fraction of sp³-hybridized carbons (Fsp3) is 0.571. The summed E-state index contributed by atoms with van der Waals surface area (Å²) in [6, 6.07) is 10.2. The summed E-state index contributed by atoms with van der Waals surface area (Å²) in [5, 5.41) is 10.9. The number of amides is 1. The van der Waals surface area contributed by atoms with Crippen LogP contribution in [0.4, 0.5) is 0 Å². The molecule has 1 aromatic carbocycles. The van der Waals surface area contributed by atoms with E-state index >= 15 is 0 Å². The van der Waals surface area contributed by atoms with Crippen LogP contribution in [0.3, 0.4) is 0 Å². The highest BCUT2D eigenvalue weighted by atomic mass is 16.5. The van der Waals surface area contributed by atoms with Crippen LogP contribution in [0.25, 0.3) is 10.9 Å². The summed E-state index contributed by atoms with van der Waals surface area (Å²) in [7, 11) is 0. The van der Waals surface area contributed by atoms with E-state index in [2.05, 4.69) is 23.1 Å². The lowest BCUT2D eigenvalue weighted by molar-refractivity contribution is -0.135. The molecule has 1 aromatic heterocycles. The van der Waals surface area contributed by atoms with E-state index in [9.17, 15) is 9.90 Å². The molecule has 0 unspecified atom stereocenters. The number of morpholine rings is 1. The van der Waals surface area contributed by atoms with E-state index in [1.807, 2.05) is 27.8 Å². The number of rotatable bonds is 5. The normalized spacial score (nSPS) is 24.4. The van der Waals surface area contributed by atoms with Crippen LogP contribution >= 0.6 is 0 Å². The topological polar surface area (TPSA) is 57.9 Å². The predicted molar refractivity (Wildman–Crippen MR) is 104 cm³/mol. The van der Waals surface area contributed by atoms with E-state index in [1.165, 1.54) is 0 Å². The van der Waals surface area contributed by atoms with E-state index in [0.29, 0.717) is 19.0 Å². The van der Waals surface area contributed by atoms with Crippen molar-refractivity contribution in [2.45, 2.75) is 13.0 Å². The minimum atomic E-state index is 0.140. The number of piperidine rings is 1. The van der Waals surface area contributed by atoms with Crippen LogP contribution in [0, 0.1) is 11.8 Å². The van der Waals surface area contributed by atoms with Gasteiger partial charge in [0, 0.05) is 51.0 Å². The maximum absolute atomic E-state index is 13.0. The quantitative estimate of drug-likeness (QED) is 0.864. The van der Waals surface area contributed by atoms with Crippen molar-refractivity contribution in [3.63, 3.8) is 0 Å². The molecule has 0 spiro atoms. The molecule has 2 fully saturated rings. The second-order valence-corrected chi connectivity index (χ2v) is 7.86. The number of ether oxygens (including phenoxy) is 1. The van der Waals surface area contributed by atoms with Crippen molar-refractivity contribution in [1.29, 1.82) is 0 Å². The number of benzene rings is 1. The van der Waals surface area contributed by atoms with Gasteiger partial charge in [0.15, 0.2) is 0 Å². The molecule has 0 saturated carbocycles. The van der Waals surface area contributed by atoms with Crippen molar-refractivity contribution < 1.29 is 14.6 Å². The maximum atomic E-state index is 13.0. The Morgan fingerprint density at radius 2 is 1.89 bits per heavy atom. The van der Waals surface area contributed by atoms with Crippen molar-refractivity contribution in [2.75, 3.05) is 52.5 Å². The summed E-state index contributed by atoms with van der Waals surface area (Å²) < 4.78 is 7.46. The van der Waals surface area contributed by atoms with Crippen LogP contribution in [0.15, 0.2) is 36.5 Å². The molecule has 2 atom stereocenters. The number of likely N-dealkylation sites (tertiary alicyclic amines) is 1. The second kappa shape index (κ2) is 8.42. The molecule has 2 aliphatic rings. The highest BCUT2D eigenvalue weighted by Gasteiger charge is 2.31. The van der Waals surface area contributed by atoms with Crippen LogP contribution in [0.2, 0.25) is 0 Å². The molecule has 0 aliphatic carbocycles. The van der Waals surface area contributed by atoms with Gasteiger partial charge in [0.05, 0.1) is 13.2 Å². The number of hydrogen-bond acceptors (Lipinski definition) is 4. The molecule has 4 rings (SSSR count). The second-order valence-electron chi connectivity index (χ2n) is 7.86.